The van der Waals surface area contributed by atoms with Gasteiger partial charge in [-0.1, -0.05) is 16.4 Å². The summed E-state index contributed by atoms with van der Waals surface area (Å²) in [7, 11) is 0. The Bertz CT molecular complexity index is 441. The highest BCUT2D eigenvalue weighted by Crippen LogP contribution is 1.94. The average molecular weight is 232 g/mol. The number of aryl methyl sites for hydroxylation is 1. The first-order chi connectivity index (χ1) is 8.45. The van der Waals surface area contributed by atoms with Gasteiger partial charge < -0.3 is 4.84 Å². The second-order valence-corrected chi connectivity index (χ2v) is 3.25. The molecule has 0 saturated carbocycles. The molecular weight excluding hydrogens is 220 g/mol. The molecule has 0 aliphatic heterocycles. The zero-order valence-corrected chi connectivity index (χ0v) is 9.15. The van der Waals surface area contributed by atoms with Crippen LogP contribution in [0.15, 0.2) is 29.6 Å². The molecule has 0 bridgehead atoms. The Balaban J connectivity index is 1.62. The number of tetrazole rings is 1. The summed E-state index contributed by atoms with van der Waals surface area (Å²) in [6.07, 6.45) is 4.79. The number of oxime groups is 1. The number of pyridine rings is 1. The SMILES string of the molecule is C(=NOCCCc1nn[nH]n1)c1ccccn1. The van der Waals surface area contributed by atoms with Gasteiger partial charge in [-0.05, 0) is 18.6 Å². The summed E-state index contributed by atoms with van der Waals surface area (Å²) in [6.45, 7) is 0.512. The molecular formula is C10H12N6O. The second-order valence-electron chi connectivity index (χ2n) is 3.25. The lowest BCUT2D eigenvalue weighted by Crippen LogP contribution is -1.95. The van der Waals surface area contributed by atoms with E-state index >= 15 is 0 Å². The van der Waals surface area contributed by atoms with E-state index in [-0.39, 0.29) is 0 Å². The normalized spacial score (nSPS) is 10.8. The number of rotatable bonds is 6. The fourth-order valence-corrected chi connectivity index (χ4v) is 1.18. The zero-order valence-electron chi connectivity index (χ0n) is 9.15. The molecule has 0 atom stereocenters. The molecule has 2 aromatic rings. The maximum Gasteiger partial charge on any atom is 0.174 e. The van der Waals surface area contributed by atoms with Crippen LogP contribution in [0, 0.1) is 0 Å². The van der Waals surface area contributed by atoms with Crippen molar-refractivity contribution < 1.29 is 4.84 Å². The first-order valence-corrected chi connectivity index (χ1v) is 5.24. The molecule has 17 heavy (non-hydrogen) atoms. The van der Waals surface area contributed by atoms with Crippen molar-refractivity contribution in [2.75, 3.05) is 6.61 Å². The van der Waals surface area contributed by atoms with Crippen molar-refractivity contribution in [3.8, 4) is 0 Å². The molecule has 1 N–H and O–H groups in total. The van der Waals surface area contributed by atoms with E-state index in [2.05, 4.69) is 30.8 Å². The van der Waals surface area contributed by atoms with Crippen molar-refractivity contribution in [1.82, 2.24) is 25.6 Å². The average Bonchev–Trinajstić information content (AvgIpc) is 2.88. The lowest BCUT2D eigenvalue weighted by atomic mass is 10.3. The van der Waals surface area contributed by atoms with Gasteiger partial charge in [0.25, 0.3) is 0 Å². The summed E-state index contributed by atoms with van der Waals surface area (Å²) in [5.41, 5.74) is 0.769. The Morgan fingerprint density at radius 1 is 1.41 bits per heavy atom. The lowest BCUT2D eigenvalue weighted by molar-refractivity contribution is 0.143. The molecule has 2 aromatic heterocycles. The number of nitrogens with zero attached hydrogens (tertiary/aromatic N) is 5. The third-order valence-electron chi connectivity index (χ3n) is 1.97. The van der Waals surface area contributed by atoms with E-state index in [1.165, 1.54) is 0 Å². The Morgan fingerprint density at radius 3 is 3.18 bits per heavy atom. The molecule has 0 aliphatic carbocycles. The fourth-order valence-electron chi connectivity index (χ4n) is 1.18. The van der Waals surface area contributed by atoms with Crippen molar-refractivity contribution in [3.05, 3.63) is 35.9 Å². The van der Waals surface area contributed by atoms with E-state index < -0.39 is 0 Å². The van der Waals surface area contributed by atoms with E-state index in [0.717, 1.165) is 18.5 Å². The summed E-state index contributed by atoms with van der Waals surface area (Å²) >= 11 is 0. The number of nitrogens with one attached hydrogen (secondary N) is 1. The summed E-state index contributed by atoms with van der Waals surface area (Å²) < 4.78 is 0. The molecule has 0 aromatic carbocycles. The van der Waals surface area contributed by atoms with Crippen molar-refractivity contribution in [2.24, 2.45) is 5.16 Å². The van der Waals surface area contributed by atoms with E-state index in [1.54, 1.807) is 12.4 Å². The molecule has 0 spiro atoms. The maximum absolute atomic E-state index is 5.08. The summed E-state index contributed by atoms with van der Waals surface area (Å²) in [5, 5.41) is 17.3. The largest absolute Gasteiger partial charge is 0.396 e. The maximum atomic E-state index is 5.08. The van der Waals surface area contributed by atoms with Gasteiger partial charge in [0.15, 0.2) is 5.82 Å². The van der Waals surface area contributed by atoms with Crippen LogP contribution in [0.2, 0.25) is 0 Å². The van der Waals surface area contributed by atoms with Crippen molar-refractivity contribution in [1.29, 1.82) is 0 Å². The smallest absolute Gasteiger partial charge is 0.174 e. The van der Waals surface area contributed by atoms with Crippen LogP contribution in [0.4, 0.5) is 0 Å². The van der Waals surface area contributed by atoms with Crippen LogP contribution in [0.5, 0.6) is 0 Å². The molecule has 0 unspecified atom stereocenters. The monoisotopic (exact) mass is 232 g/mol. The minimum atomic E-state index is 0.512. The fraction of sp³-hybridized carbons (Fsp3) is 0.300. The van der Waals surface area contributed by atoms with Crippen molar-refractivity contribution >= 4 is 6.21 Å². The Morgan fingerprint density at radius 2 is 2.41 bits per heavy atom. The first kappa shape index (κ1) is 11.2. The van der Waals surface area contributed by atoms with Gasteiger partial charge in [0.05, 0.1) is 11.9 Å². The van der Waals surface area contributed by atoms with Gasteiger partial charge in [0.1, 0.15) is 6.61 Å². The molecule has 0 fully saturated rings. The molecule has 88 valence electrons. The van der Waals surface area contributed by atoms with E-state index in [4.69, 9.17) is 4.84 Å². The molecule has 2 heterocycles. The van der Waals surface area contributed by atoms with Crippen molar-refractivity contribution in [2.45, 2.75) is 12.8 Å². The van der Waals surface area contributed by atoms with E-state index in [9.17, 15) is 0 Å². The number of H-pyrrole nitrogens is 1. The Hall–Kier alpha value is -2.31. The van der Waals surface area contributed by atoms with E-state index in [1.807, 2.05) is 18.2 Å². The van der Waals surface area contributed by atoms with Crippen LogP contribution >= 0.6 is 0 Å². The van der Waals surface area contributed by atoms with Crippen LogP contribution in [0.3, 0.4) is 0 Å². The highest BCUT2D eigenvalue weighted by atomic mass is 16.6. The predicted octanol–water partition coefficient (Wildman–Crippen LogP) is 0.578. The highest BCUT2D eigenvalue weighted by Gasteiger charge is 1.96. The standard InChI is InChI=1S/C10H12N6O/c1-2-6-11-9(4-1)8-12-17-7-3-5-10-13-15-16-14-10/h1-2,4,6,8H,3,5,7H2,(H,13,14,15,16). The zero-order chi connectivity index (χ0) is 11.8. The molecule has 2 rings (SSSR count). The van der Waals surface area contributed by atoms with Gasteiger partial charge in [-0.3, -0.25) is 4.98 Å². The molecule has 7 heteroatoms. The van der Waals surface area contributed by atoms with Gasteiger partial charge >= 0.3 is 0 Å². The van der Waals surface area contributed by atoms with Gasteiger partial charge in [-0.15, -0.1) is 10.2 Å². The molecule has 0 amide bonds. The number of aromatic nitrogens is 5. The molecule has 7 nitrogen and oxygen atoms in total. The lowest BCUT2D eigenvalue weighted by Gasteiger charge is -1.96. The summed E-state index contributed by atoms with van der Waals surface area (Å²) in [4.78, 5) is 9.15. The van der Waals surface area contributed by atoms with Gasteiger partial charge in [0, 0.05) is 12.6 Å². The molecule has 0 radical (unpaired) electrons. The predicted molar refractivity (Wildman–Crippen MR) is 60.3 cm³/mol. The second kappa shape index (κ2) is 6.31. The highest BCUT2D eigenvalue weighted by molar-refractivity contribution is 5.76. The number of hydrogen-bond acceptors (Lipinski definition) is 6. The Labute approximate surface area is 97.9 Å². The number of hydrogen-bond donors (Lipinski definition) is 1. The minimum absolute atomic E-state index is 0.512. The van der Waals surface area contributed by atoms with Crippen LogP contribution in [-0.4, -0.2) is 38.4 Å². The van der Waals surface area contributed by atoms with Crippen LogP contribution < -0.4 is 0 Å². The van der Waals surface area contributed by atoms with Gasteiger partial charge in [-0.25, -0.2) is 0 Å². The number of aromatic amines is 1. The summed E-state index contributed by atoms with van der Waals surface area (Å²) in [6, 6.07) is 5.60. The quantitative estimate of drug-likeness (QED) is 0.447. The third-order valence-corrected chi connectivity index (χ3v) is 1.97. The minimum Gasteiger partial charge on any atom is -0.396 e. The molecule has 0 saturated heterocycles. The van der Waals surface area contributed by atoms with Crippen LogP contribution in [0.1, 0.15) is 17.9 Å². The van der Waals surface area contributed by atoms with Gasteiger partial charge in [-0.2, -0.15) is 5.21 Å². The van der Waals surface area contributed by atoms with Crippen LogP contribution in [-0.2, 0) is 11.3 Å². The Kier molecular flexibility index (Phi) is 4.15. The summed E-state index contributed by atoms with van der Waals surface area (Å²) in [5.74, 6) is 0.683. The van der Waals surface area contributed by atoms with Crippen molar-refractivity contribution in [3.63, 3.8) is 0 Å². The third kappa shape index (κ3) is 3.98. The topological polar surface area (TPSA) is 88.9 Å². The van der Waals surface area contributed by atoms with Gasteiger partial charge in [0.2, 0.25) is 0 Å². The molecule has 0 aliphatic rings. The van der Waals surface area contributed by atoms with E-state index in [0.29, 0.717) is 12.4 Å². The first-order valence-electron chi connectivity index (χ1n) is 5.24. The van der Waals surface area contributed by atoms with Crippen LogP contribution in [0.25, 0.3) is 0 Å².